The number of rotatable bonds is 1. The van der Waals surface area contributed by atoms with E-state index in [1.165, 1.54) is 0 Å². The number of alkyl halides is 3. The lowest BCUT2D eigenvalue weighted by molar-refractivity contribution is -0.138. The molecule has 96 valence electrons. The van der Waals surface area contributed by atoms with Crippen LogP contribution in [0.5, 0.6) is 0 Å². The normalized spacial score (nSPS) is 17.7. The van der Waals surface area contributed by atoms with Crippen LogP contribution in [0.2, 0.25) is 0 Å². The Labute approximate surface area is 99.5 Å². The van der Waals surface area contributed by atoms with Gasteiger partial charge in [0.15, 0.2) is 5.84 Å². The molecule has 2 heterocycles. The molecule has 2 rings (SSSR count). The molecule has 0 bridgehead atoms. The van der Waals surface area contributed by atoms with E-state index in [-0.39, 0.29) is 12.4 Å². The van der Waals surface area contributed by atoms with Crippen molar-refractivity contribution in [3.05, 3.63) is 29.6 Å². The van der Waals surface area contributed by atoms with Crippen LogP contribution in [0, 0.1) is 0 Å². The second-order valence-electron chi connectivity index (χ2n) is 3.64. The molecule has 0 radical (unpaired) electrons. The van der Waals surface area contributed by atoms with Gasteiger partial charge < -0.3 is 5.21 Å². The summed E-state index contributed by atoms with van der Waals surface area (Å²) in [6.45, 7) is 0.227. The fourth-order valence-electron chi connectivity index (χ4n) is 1.60. The molecular formula is C10H8F3N3O2. The van der Waals surface area contributed by atoms with Gasteiger partial charge in [0, 0.05) is 25.4 Å². The third kappa shape index (κ3) is 2.01. The van der Waals surface area contributed by atoms with Crippen LogP contribution in [0.1, 0.15) is 22.3 Å². The van der Waals surface area contributed by atoms with Crippen molar-refractivity contribution in [1.29, 1.82) is 0 Å². The van der Waals surface area contributed by atoms with Crippen molar-refractivity contribution in [2.24, 2.45) is 5.16 Å². The van der Waals surface area contributed by atoms with Gasteiger partial charge in [0.25, 0.3) is 5.91 Å². The Morgan fingerprint density at radius 3 is 2.72 bits per heavy atom. The first-order valence-corrected chi connectivity index (χ1v) is 4.99. The van der Waals surface area contributed by atoms with E-state index < -0.39 is 23.2 Å². The Hall–Kier alpha value is -2.12. The van der Waals surface area contributed by atoms with Gasteiger partial charge in [0.05, 0.1) is 11.1 Å². The first kappa shape index (κ1) is 12.3. The molecule has 1 aromatic heterocycles. The predicted molar refractivity (Wildman–Crippen MR) is 54.1 cm³/mol. The van der Waals surface area contributed by atoms with Gasteiger partial charge in [-0.3, -0.25) is 14.7 Å². The van der Waals surface area contributed by atoms with Gasteiger partial charge in [-0.2, -0.15) is 13.2 Å². The van der Waals surface area contributed by atoms with E-state index in [2.05, 4.69) is 10.1 Å². The van der Waals surface area contributed by atoms with E-state index >= 15 is 0 Å². The zero-order valence-corrected chi connectivity index (χ0v) is 8.98. The molecule has 0 aliphatic carbocycles. The molecule has 1 saturated heterocycles. The maximum atomic E-state index is 12.7. The summed E-state index contributed by atoms with van der Waals surface area (Å²) in [5.41, 5.74) is -1.60. The number of amidine groups is 1. The molecule has 5 nitrogen and oxygen atoms in total. The van der Waals surface area contributed by atoms with E-state index in [1.807, 2.05) is 0 Å². The average molecular weight is 259 g/mol. The van der Waals surface area contributed by atoms with Crippen molar-refractivity contribution in [1.82, 2.24) is 9.88 Å². The zero-order chi connectivity index (χ0) is 13.3. The summed E-state index contributed by atoms with van der Waals surface area (Å²) in [6.07, 6.45) is -2.45. The molecule has 1 aliphatic rings. The Morgan fingerprint density at radius 1 is 1.50 bits per heavy atom. The minimum absolute atomic E-state index is 0.0528. The van der Waals surface area contributed by atoms with Crippen LogP contribution in [-0.4, -0.2) is 33.4 Å². The lowest BCUT2D eigenvalue weighted by Gasteiger charge is -2.31. The van der Waals surface area contributed by atoms with Crippen LogP contribution >= 0.6 is 0 Å². The number of oxime groups is 1. The molecule has 8 heteroatoms. The Bertz CT molecular complexity index is 513. The van der Waals surface area contributed by atoms with Gasteiger partial charge in [-0.15, -0.1) is 0 Å². The lowest BCUT2D eigenvalue weighted by Crippen LogP contribution is -2.48. The summed E-state index contributed by atoms with van der Waals surface area (Å²) in [6, 6.07) is 0.739. The van der Waals surface area contributed by atoms with Crippen LogP contribution < -0.4 is 0 Å². The minimum atomic E-state index is -4.63. The number of pyridine rings is 1. The highest BCUT2D eigenvalue weighted by Gasteiger charge is 2.38. The van der Waals surface area contributed by atoms with E-state index in [0.717, 1.165) is 23.4 Å². The van der Waals surface area contributed by atoms with Crippen molar-refractivity contribution in [2.75, 3.05) is 6.54 Å². The number of amides is 1. The maximum absolute atomic E-state index is 12.7. The lowest BCUT2D eigenvalue weighted by atomic mass is 10.1. The molecule has 0 aromatic carbocycles. The van der Waals surface area contributed by atoms with Crippen LogP contribution in [0.25, 0.3) is 0 Å². The van der Waals surface area contributed by atoms with Gasteiger partial charge in [-0.1, -0.05) is 5.16 Å². The zero-order valence-electron chi connectivity index (χ0n) is 8.98. The SMILES string of the molecule is O=C(c1cnccc1C(F)(F)F)N1CCC1=NO. The first-order valence-electron chi connectivity index (χ1n) is 4.99. The molecule has 1 aromatic rings. The van der Waals surface area contributed by atoms with E-state index in [1.54, 1.807) is 0 Å². The van der Waals surface area contributed by atoms with Crippen LogP contribution in [0.4, 0.5) is 13.2 Å². The second kappa shape index (κ2) is 4.28. The van der Waals surface area contributed by atoms with Crippen LogP contribution in [0.15, 0.2) is 23.6 Å². The molecule has 1 aliphatic heterocycles. The summed E-state index contributed by atoms with van der Waals surface area (Å²) in [4.78, 5) is 16.4. The summed E-state index contributed by atoms with van der Waals surface area (Å²) in [7, 11) is 0. The molecule has 0 atom stereocenters. The topological polar surface area (TPSA) is 65.8 Å². The largest absolute Gasteiger partial charge is 0.417 e. The smallest absolute Gasteiger partial charge is 0.409 e. The van der Waals surface area contributed by atoms with Crippen LogP contribution in [0.3, 0.4) is 0 Å². The highest BCUT2D eigenvalue weighted by molar-refractivity contribution is 6.09. The van der Waals surface area contributed by atoms with Crippen molar-refractivity contribution < 1.29 is 23.2 Å². The number of hydrogen-bond acceptors (Lipinski definition) is 4. The van der Waals surface area contributed by atoms with E-state index in [0.29, 0.717) is 6.42 Å². The summed E-state index contributed by atoms with van der Waals surface area (Å²) >= 11 is 0. The number of carbonyl (C=O) groups excluding carboxylic acids is 1. The standard InChI is InChI=1S/C10H8F3N3O2/c11-10(12,13)7-1-3-14-5-6(7)9(17)16-4-2-8(16)15-18/h1,3,5,18H,2,4H2. The van der Waals surface area contributed by atoms with Gasteiger partial charge in [0.2, 0.25) is 0 Å². The number of aromatic nitrogens is 1. The van der Waals surface area contributed by atoms with Gasteiger partial charge in [0.1, 0.15) is 0 Å². The molecule has 1 fully saturated rings. The molecule has 0 spiro atoms. The summed E-state index contributed by atoms with van der Waals surface area (Å²) in [5.74, 6) is -0.813. The maximum Gasteiger partial charge on any atom is 0.417 e. The number of likely N-dealkylation sites (tertiary alicyclic amines) is 1. The van der Waals surface area contributed by atoms with Gasteiger partial charge in [-0.05, 0) is 6.07 Å². The summed E-state index contributed by atoms with van der Waals surface area (Å²) in [5, 5.41) is 11.4. The van der Waals surface area contributed by atoms with Crippen molar-refractivity contribution in [3.63, 3.8) is 0 Å². The predicted octanol–water partition coefficient (Wildman–Crippen LogP) is 1.73. The molecule has 18 heavy (non-hydrogen) atoms. The van der Waals surface area contributed by atoms with Gasteiger partial charge >= 0.3 is 6.18 Å². The summed E-state index contributed by atoms with van der Waals surface area (Å²) < 4.78 is 38.1. The van der Waals surface area contributed by atoms with Crippen molar-refractivity contribution in [3.8, 4) is 0 Å². The number of carbonyl (C=O) groups is 1. The number of hydrogen-bond donors (Lipinski definition) is 1. The highest BCUT2D eigenvalue weighted by atomic mass is 19.4. The number of halogens is 3. The fourth-order valence-corrected chi connectivity index (χ4v) is 1.60. The Kier molecular flexibility index (Phi) is 2.93. The molecule has 1 N–H and O–H groups in total. The molecule has 0 unspecified atom stereocenters. The quantitative estimate of drug-likeness (QED) is 0.617. The minimum Gasteiger partial charge on any atom is -0.409 e. The monoisotopic (exact) mass is 259 g/mol. The first-order chi connectivity index (χ1) is 8.45. The average Bonchev–Trinajstić information content (AvgIpc) is 2.27. The van der Waals surface area contributed by atoms with Gasteiger partial charge in [-0.25, -0.2) is 0 Å². The Morgan fingerprint density at radius 2 is 2.22 bits per heavy atom. The van der Waals surface area contributed by atoms with Crippen molar-refractivity contribution in [2.45, 2.75) is 12.6 Å². The van der Waals surface area contributed by atoms with Crippen molar-refractivity contribution >= 4 is 11.7 Å². The third-order valence-electron chi connectivity index (χ3n) is 2.59. The third-order valence-corrected chi connectivity index (χ3v) is 2.59. The van der Waals surface area contributed by atoms with Crippen LogP contribution in [-0.2, 0) is 6.18 Å². The second-order valence-corrected chi connectivity index (χ2v) is 3.64. The molecule has 0 saturated carbocycles. The number of nitrogens with zero attached hydrogens (tertiary/aromatic N) is 3. The molecular weight excluding hydrogens is 251 g/mol. The Balaban J connectivity index is 2.37. The fraction of sp³-hybridized carbons (Fsp3) is 0.300. The van der Waals surface area contributed by atoms with E-state index in [4.69, 9.17) is 5.21 Å². The van der Waals surface area contributed by atoms with E-state index in [9.17, 15) is 18.0 Å². The highest BCUT2D eigenvalue weighted by Crippen LogP contribution is 2.32. The molecule has 1 amide bonds.